The maximum absolute atomic E-state index is 13.4. The normalized spacial score (nSPS) is 10.4. The molecule has 2 aromatic carbocycles. The second kappa shape index (κ2) is 5.48. The highest BCUT2D eigenvalue weighted by molar-refractivity contribution is 9.10. The molecule has 0 aliphatic carbocycles. The highest BCUT2D eigenvalue weighted by Crippen LogP contribution is 2.26. The van der Waals surface area contributed by atoms with Gasteiger partial charge in [-0.3, -0.25) is 0 Å². The lowest BCUT2D eigenvalue weighted by molar-refractivity contribution is 0.284. The summed E-state index contributed by atoms with van der Waals surface area (Å²) in [5.41, 5.74) is 2.01. The molecule has 4 heteroatoms. The molecule has 0 saturated heterocycles. The lowest BCUT2D eigenvalue weighted by Crippen LogP contribution is -1.99. The van der Waals surface area contributed by atoms with Crippen LogP contribution in [0.4, 0.5) is 8.78 Å². The first-order valence-corrected chi connectivity index (χ1v) is 6.18. The van der Waals surface area contributed by atoms with Gasteiger partial charge in [0.25, 0.3) is 0 Å². The van der Waals surface area contributed by atoms with Crippen molar-refractivity contribution in [3.63, 3.8) is 0 Å². The predicted octanol–water partition coefficient (Wildman–Crippen LogP) is 4.61. The van der Waals surface area contributed by atoms with Crippen molar-refractivity contribution in [2.45, 2.75) is 13.5 Å². The van der Waals surface area contributed by atoms with Gasteiger partial charge in [0.1, 0.15) is 6.61 Å². The van der Waals surface area contributed by atoms with E-state index in [2.05, 4.69) is 15.9 Å². The fourth-order valence-corrected chi connectivity index (χ4v) is 2.01. The lowest BCUT2D eigenvalue weighted by atomic mass is 10.1. The van der Waals surface area contributed by atoms with Gasteiger partial charge in [-0.25, -0.2) is 4.39 Å². The summed E-state index contributed by atoms with van der Waals surface area (Å²) >= 11 is 3.10. The number of hydrogen-bond acceptors (Lipinski definition) is 1. The van der Waals surface area contributed by atoms with Crippen LogP contribution in [0.25, 0.3) is 0 Å². The van der Waals surface area contributed by atoms with Crippen molar-refractivity contribution in [3.8, 4) is 5.75 Å². The number of hydrogen-bond donors (Lipinski definition) is 0. The zero-order chi connectivity index (χ0) is 13.1. The van der Waals surface area contributed by atoms with Crippen LogP contribution in [-0.2, 0) is 6.61 Å². The fraction of sp³-hybridized carbons (Fsp3) is 0.143. The van der Waals surface area contributed by atoms with Crippen LogP contribution >= 0.6 is 15.9 Å². The summed E-state index contributed by atoms with van der Waals surface area (Å²) in [6.07, 6.45) is 0. The smallest absolute Gasteiger partial charge is 0.200 e. The highest BCUT2D eigenvalue weighted by atomic mass is 79.9. The van der Waals surface area contributed by atoms with Gasteiger partial charge in [0, 0.05) is 4.47 Å². The van der Waals surface area contributed by atoms with E-state index < -0.39 is 11.6 Å². The van der Waals surface area contributed by atoms with Crippen LogP contribution in [0.1, 0.15) is 11.1 Å². The molecule has 0 N–H and O–H groups in total. The van der Waals surface area contributed by atoms with E-state index in [4.69, 9.17) is 4.74 Å². The van der Waals surface area contributed by atoms with Gasteiger partial charge in [-0.2, -0.15) is 4.39 Å². The molecule has 94 valence electrons. The summed E-state index contributed by atoms with van der Waals surface area (Å²) in [7, 11) is 0. The van der Waals surface area contributed by atoms with Gasteiger partial charge >= 0.3 is 0 Å². The third kappa shape index (κ3) is 3.07. The fourth-order valence-electron chi connectivity index (χ4n) is 1.60. The second-order valence-corrected chi connectivity index (χ2v) is 4.89. The zero-order valence-electron chi connectivity index (χ0n) is 9.71. The molecule has 18 heavy (non-hydrogen) atoms. The molecule has 0 radical (unpaired) electrons. The molecule has 0 aliphatic heterocycles. The Hall–Kier alpha value is -1.42. The van der Waals surface area contributed by atoms with Crippen LogP contribution in [0.2, 0.25) is 0 Å². The lowest BCUT2D eigenvalue weighted by Gasteiger charge is -2.09. The molecule has 0 fully saturated rings. The first kappa shape index (κ1) is 13.0. The number of aryl methyl sites for hydroxylation is 1. The first-order valence-electron chi connectivity index (χ1n) is 5.39. The number of rotatable bonds is 3. The van der Waals surface area contributed by atoms with Gasteiger partial charge in [0.2, 0.25) is 5.82 Å². The topological polar surface area (TPSA) is 9.23 Å². The monoisotopic (exact) mass is 312 g/mol. The van der Waals surface area contributed by atoms with E-state index in [0.717, 1.165) is 17.2 Å². The van der Waals surface area contributed by atoms with Gasteiger partial charge in [-0.05, 0) is 24.6 Å². The van der Waals surface area contributed by atoms with Crippen molar-refractivity contribution in [2.24, 2.45) is 0 Å². The van der Waals surface area contributed by atoms with E-state index in [9.17, 15) is 8.78 Å². The van der Waals surface area contributed by atoms with Gasteiger partial charge in [-0.15, -0.1) is 0 Å². The number of ether oxygens (including phenoxy) is 1. The van der Waals surface area contributed by atoms with E-state index in [-0.39, 0.29) is 12.4 Å². The Bertz CT molecular complexity index is 570. The average Bonchev–Trinajstić information content (AvgIpc) is 2.32. The maximum Gasteiger partial charge on any atom is 0.200 e. The molecular formula is C14H11BrF2O. The summed E-state index contributed by atoms with van der Waals surface area (Å²) in [5.74, 6) is -1.99. The van der Waals surface area contributed by atoms with Gasteiger partial charge in [0.15, 0.2) is 11.6 Å². The molecule has 2 aromatic rings. The summed E-state index contributed by atoms with van der Waals surface area (Å²) in [4.78, 5) is 0. The Morgan fingerprint density at radius 2 is 1.94 bits per heavy atom. The van der Waals surface area contributed by atoms with Crippen LogP contribution in [0, 0.1) is 18.6 Å². The minimum absolute atomic E-state index is 0.0941. The van der Waals surface area contributed by atoms with Crippen molar-refractivity contribution >= 4 is 15.9 Å². The van der Waals surface area contributed by atoms with Gasteiger partial charge in [0.05, 0.1) is 0 Å². The van der Waals surface area contributed by atoms with E-state index in [1.165, 1.54) is 6.07 Å². The summed E-state index contributed by atoms with van der Waals surface area (Å²) in [6.45, 7) is 2.16. The molecule has 0 amide bonds. The molecular weight excluding hydrogens is 302 g/mol. The molecule has 0 unspecified atom stereocenters. The predicted molar refractivity (Wildman–Crippen MR) is 69.6 cm³/mol. The average molecular weight is 313 g/mol. The standard InChI is InChI=1S/C14H11BrF2O/c1-9-3-2-4-10(5-9)8-18-13-7-11(15)6-12(16)14(13)17/h2-7H,8H2,1H3. The SMILES string of the molecule is Cc1cccc(COc2cc(Br)cc(F)c2F)c1. The minimum Gasteiger partial charge on any atom is -0.486 e. The molecule has 0 atom stereocenters. The molecule has 1 nitrogen and oxygen atoms in total. The third-order valence-corrected chi connectivity index (χ3v) is 2.89. The van der Waals surface area contributed by atoms with Crippen LogP contribution in [0.15, 0.2) is 40.9 Å². The Balaban J connectivity index is 2.15. The van der Waals surface area contributed by atoms with Crippen molar-refractivity contribution in [3.05, 3.63) is 63.6 Å². The summed E-state index contributed by atoms with van der Waals surface area (Å²) in [5, 5.41) is 0. The largest absolute Gasteiger partial charge is 0.486 e. The summed E-state index contributed by atoms with van der Waals surface area (Å²) in [6, 6.07) is 10.1. The molecule has 0 aromatic heterocycles. The minimum atomic E-state index is -0.967. The highest BCUT2D eigenvalue weighted by Gasteiger charge is 2.11. The van der Waals surface area contributed by atoms with E-state index in [1.54, 1.807) is 0 Å². The third-order valence-electron chi connectivity index (χ3n) is 2.44. The van der Waals surface area contributed by atoms with E-state index in [1.807, 2.05) is 31.2 Å². The maximum atomic E-state index is 13.4. The second-order valence-electron chi connectivity index (χ2n) is 3.98. The van der Waals surface area contributed by atoms with Crippen molar-refractivity contribution in [2.75, 3.05) is 0 Å². The Kier molecular flexibility index (Phi) is 3.97. The van der Waals surface area contributed by atoms with Gasteiger partial charge in [-0.1, -0.05) is 45.8 Å². The molecule has 0 spiro atoms. The van der Waals surface area contributed by atoms with Crippen molar-refractivity contribution in [1.29, 1.82) is 0 Å². The Morgan fingerprint density at radius 3 is 2.67 bits per heavy atom. The van der Waals surface area contributed by atoms with E-state index >= 15 is 0 Å². The zero-order valence-corrected chi connectivity index (χ0v) is 11.3. The number of halogens is 3. The molecule has 2 rings (SSSR count). The van der Waals surface area contributed by atoms with Crippen LogP contribution in [0.5, 0.6) is 5.75 Å². The van der Waals surface area contributed by atoms with Crippen LogP contribution in [-0.4, -0.2) is 0 Å². The van der Waals surface area contributed by atoms with Crippen molar-refractivity contribution < 1.29 is 13.5 Å². The van der Waals surface area contributed by atoms with Crippen LogP contribution in [0.3, 0.4) is 0 Å². The van der Waals surface area contributed by atoms with Crippen molar-refractivity contribution in [1.82, 2.24) is 0 Å². The van der Waals surface area contributed by atoms with E-state index in [0.29, 0.717) is 4.47 Å². The van der Waals surface area contributed by atoms with Gasteiger partial charge < -0.3 is 4.74 Å². The molecule has 0 saturated carbocycles. The number of benzene rings is 2. The molecule has 0 bridgehead atoms. The summed E-state index contributed by atoms with van der Waals surface area (Å²) < 4.78 is 32.3. The first-order chi connectivity index (χ1) is 8.56. The Labute approximate surface area is 113 Å². The Morgan fingerprint density at radius 1 is 1.17 bits per heavy atom. The van der Waals surface area contributed by atoms with Crippen LogP contribution < -0.4 is 4.74 Å². The molecule has 0 heterocycles. The molecule has 0 aliphatic rings. The quantitative estimate of drug-likeness (QED) is 0.752.